The van der Waals surface area contributed by atoms with Crippen LogP contribution in [0.4, 0.5) is 5.69 Å². The SMILES string of the molecule is Ic1ccc([N+]2=Cc3ccccc3CC2)cc1.[Br-]. The molecule has 1 aliphatic heterocycles. The van der Waals surface area contributed by atoms with Gasteiger partial charge in [-0.05, 0) is 46.4 Å². The fourth-order valence-corrected chi connectivity index (χ4v) is 2.56. The Balaban J connectivity index is 0.00000120. The molecule has 0 unspecified atom stereocenters. The van der Waals surface area contributed by atoms with Gasteiger partial charge in [0.1, 0.15) is 0 Å². The number of fused-ring (bicyclic) bond motifs is 1. The highest BCUT2D eigenvalue weighted by Crippen LogP contribution is 2.19. The largest absolute Gasteiger partial charge is 1.00 e. The lowest BCUT2D eigenvalue weighted by molar-refractivity contribution is -0.436. The molecule has 0 saturated carbocycles. The van der Waals surface area contributed by atoms with E-state index in [2.05, 4.69) is 81.9 Å². The molecule has 0 saturated heterocycles. The van der Waals surface area contributed by atoms with Gasteiger partial charge in [0.05, 0.1) is 0 Å². The number of benzene rings is 2. The summed E-state index contributed by atoms with van der Waals surface area (Å²) in [5.74, 6) is 0. The predicted octanol–water partition coefficient (Wildman–Crippen LogP) is 0.614. The molecule has 3 heteroatoms. The zero-order chi connectivity index (χ0) is 11.7. The summed E-state index contributed by atoms with van der Waals surface area (Å²) in [6, 6.07) is 17.3. The minimum Gasteiger partial charge on any atom is -1.00 e. The molecule has 3 rings (SSSR count). The van der Waals surface area contributed by atoms with E-state index in [9.17, 15) is 0 Å². The number of hydrogen-bond donors (Lipinski definition) is 0. The molecule has 0 atom stereocenters. The minimum absolute atomic E-state index is 0. The molecule has 1 aliphatic rings. The molecule has 0 N–H and O–H groups in total. The lowest BCUT2D eigenvalue weighted by Gasteiger charge is -2.11. The zero-order valence-electron chi connectivity index (χ0n) is 9.81. The molecule has 0 amide bonds. The molecule has 2 aromatic rings. The number of nitrogens with zero attached hydrogens (tertiary/aromatic N) is 1. The summed E-state index contributed by atoms with van der Waals surface area (Å²) < 4.78 is 3.61. The van der Waals surface area contributed by atoms with Crippen LogP contribution < -0.4 is 17.0 Å². The average molecular weight is 414 g/mol. The Bertz CT molecular complexity index is 575. The van der Waals surface area contributed by atoms with Crippen molar-refractivity contribution in [2.75, 3.05) is 6.54 Å². The van der Waals surface area contributed by atoms with Crippen molar-refractivity contribution in [3.63, 3.8) is 0 Å². The molecule has 0 aliphatic carbocycles. The summed E-state index contributed by atoms with van der Waals surface area (Å²) in [4.78, 5) is 0. The number of rotatable bonds is 1. The first-order valence-corrected chi connectivity index (χ1v) is 6.86. The van der Waals surface area contributed by atoms with Crippen molar-refractivity contribution in [3.05, 3.63) is 63.2 Å². The fourth-order valence-electron chi connectivity index (χ4n) is 2.20. The molecule has 0 spiro atoms. The Morgan fingerprint density at radius 2 is 1.67 bits per heavy atom. The Morgan fingerprint density at radius 3 is 2.44 bits per heavy atom. The van der Waals surface area contributed by atoms with E-state index >= 15 is 0 Å². The average Bonchev–Trinajstić information content (AvgIpc) is 2.39. The van der Waals surface area contributed by atoms with Crippen LogP contribution in [0.5, 0.6) is 0 Å². The third-order valence-electron chi connectivity index (χ3n) is 3.13. The first-order valence-electron chi connectivity index (χ1n) is 5.78. The van der Waals surface area contributed by atoms with Crippen molar-refractivity contribution in [3.8, 4) is 0 Å². The maximum atomic E-state index is 2.34. The predicted molar refractivity (Wildman–Crippen MR) is 79.3 cm³/mol. The molecule has 0 bridgehead atoms. The van der Waals surface area contributed by atoms with Gasteiger partial charge in [-0.3, -0.25) is 0 Å². The zero-order valence-corrected chi connectivity index (χ0v) is 13.6. The summed E-state index contributed by atoms with van der Waals surface area (Å²) in [6.07, 6.45) is 3.37. The third kappa shape index (κ3) is 2.83. The van der Waals surface area contributed by atoms with Gasteiger partial charge in [0.15, 0.2) is 12.8 Å². The van der Waals surface area contributed by atoms with Gasteiger partial charge in [-0.25, -0.2) is 0 Å². The minimum atomic E-state index is 0. The van der Waals surface area contributed by atoms with Gasteiger partial charge in [-0.1, -0.05) is 18.2 Å². The fraction of sp³-hybridized carbons (Fsp3) is 0.133. The lowest BCUT2D eigenvalue weighted by atomic mass is 10.0. The van der Waals surface area contributed by atoms with Crippen molar-refractivity contribution >= 4 is 34.5 Å². The molecule has 18 heavy (non-hydrogen) atoms. The van der Waals surface area contributed by atoms with E-state index in [0.717, 1.165) is 13.0 Å². The number of halogens is 2. The highest BCUT2D eigenvalue weighted by atomic mass is 127. The van der Waals surface area contributed by atoms with Gasteiger partial charge in [-0.2, -0.15) is 4.58 Å². The van der Waals surface area contributed by atoms with Gasteiger partial charge in [0.2, 0.25) is 5.69 Å². The third-order valence-corrected chi connectivity index (χ3v) is 3.85. The topological polar surface area (TPSA) is 3.01 Å². The second-order valence-corrected chi connectivity index (χ2v) is 5.49. The van der Waals surface area contributed by atoms with Crippen LogP contribution in [-0.2, 0) is 6.42 Å². The van der Waals surface area contributed by atoms with Gasteiger partial charge >= 0.3 is 0 Å². The highest BCUT2D eigenvalue weighted by Gasteiger charge is 2.16. The van der Waals surface area contributed by atoms with Crippen LogP contribution in [0.25, 0.3) is 0 Å². The lowest BCUT2D eigenvalue weighted by Crippen LogP contribution is -3.00. The summed E-state index contributed by atoms with van der Waals surface area (Å²) in [6.45, 7) is 1.07. The van der Waals surface area contributed by atoms with Crippen LogP contribution in [-0.4, -0.2) is 17.3 Å². The van der Waals surface area contributed by atoms with E-state index in [1.807, 2.05) is 0 Å². The van der Waals surface area contributed by atoms with E-state index < -0.39 is 0 Å². The van der Waals surface area contributed by atoms with Crippen molar-refractivity contribution in [2.45, 2.75) is 6.42 Å². The standard InChI is InChI=1S/C15H13IN.BrH/c16-14-5-7-15(8-6-14)17-10-9-12-3-1-2-4-13(12)11-17;/h1-8,11H,9-10H2;1H/q+1;/p-1. The van der Waals surface area contributed by atoms with E-state index in [1.165, 1.54) is 20.4 Å². The van der Waals surface area contributed by atoms with Crippen LogP contribution in [0.15, 0.2) is 48.5 Å². The summed E-state index contributed by atoms with van der Waals surface area (Å²) in [7, 11) is 0. The smallest absolute Gasteiger partial charge is 0.205 e. The van der Waals surface area contributed by atoms with E-state index in [1.54, 1.807) is 0 Å². The van der Waals surface area contributed by atoms with Crippen LogP contribution in [0.1, 0.15) is 11.1 Å². The summed E-state index contributed by atoms with van der Waals surface area (Å²) in [5.41, 5.74) is 4.08. The second kappa shape index (κ2) is 5.97. The second-order valence-electron chi connectivity index (χ2n) is 4.25. The maximum absolute atomic E-state index is 2.34. The summed E-state index contributed by atoms with van der Waals surface area (Å²) in [5, 5.41) is 0. The Kier molecular flexibility index (Phi) is 4.56. The highest BCUT2D eigenvalue weighted by molar-refractivity contribution is 14.1. The monoisotopic (exact) mass is 413 g/mol. The first-order chi connectivity index (χ1) is 8.33. The van der Waals surface area contributed by atoms with Gasteiger partial charge < -0.3 is 17.0 Å². The maximum Gasteiger partial charge on any atom is 0.205 e. The van der Waals surface area contributed by atoms with E-state index in [0.29, 0.717) is 0 Å². The van der Waals surface area contributed by atoms with Crippen molar-refractivity contribution in [2.24, 2.45) is 0 Å². The van der Waals surface area contributed by atoms with Crippen LogP contribution >= 0.6 is 22.6 Å². The number of hydrogen-bond acceptors (Lipinski definition) is 0. The Morgan fingerprint density at radius 1 is 0.944 bits per heavy atom. The van der Waals surface area contributed by atoms with Gasteiger partial charge in [-0.15, -0.1) is 0 Å². The molecule has 0 aromatic heterocycles. The Labute approximate surface area is 131 Å². The van der Waals surface area contributed by atoms with E-state index in [4.69, 9.17) is 0 Å². The first kappa shape index (κ1) is 13.7. The molecule has 92 valence electrons. The molecular weight excluding hydrogens is 401 g/mol. The normalized spacial score (nSPS) is 13.3. The quantitative estimate of drug-likeness (QED) is 0.476. The van der Waals surface area contributed by atoms with Crippen molar-refractivity contribution in [1.82, 2.24) is 0 Å². The van der Waals surface area contributed by atoms with Gasteiger partial charge in [0.25, 0.3) is 0 Å². The molecule has 1 nitrogen and oxygen atoms in total. The molecular formula is C15H13BrIN. The Hall–Kier alpha value is -0.680. The molecule has 0 radical (unpaired) electrons. The molecule has 2 aromatic carbocycles. The van der Waals surface area contributed by atoms with Crippen LogP contribution in [0, 0.1) is 3.57 Å². The van der Waals surface area contributed by atoms with E-state index in [-0.39, 0.29) is 17.0 Å². The summed E-state index contributed by atoms with van der Waals surface area (Å²) >= 11 is 2.34. The van der Waals surface area contributed by atoms with Crippen molar-refractivity contribution < 1.29 is 21.6 Å². The van der Waals surface area contributed by atoms with Crippen LogP contribution in [0.2, 0.25) is 0 Å². The molecule has 1 heterocycles. The molecule has 0 fully saturated rings. The van der Waals surface area contributed by atoms with Gasteiger partial charge in [0, 0.05) is 27.7 Å². The van der Waals surface area contributed by atoms with Crippen molar-refractivity contribution in [1.29, 1.82) is 0 Å². The van der Waals surface area contributed by atoms with Crippen LogP contribution in [0.3, 0.4) is 0 Å².